The third-order valence-corrected chi connectivity index (χ3v) is 3.70. The fourth-order valence-corrected chi connectivity index (χ4v) is 2.56. The molecule has 20 heavy (non-hydrogen) atoms. The molecule has 5 heteroatoms. The quantitative estimate of drug-likeness (QED) is 0.935. The highest BCUT2D eigenvalue weighted by Gasteiger charge is 2.19. The van der Waals surface area contributed by atoms with Crippen molar-refractivity contribution in [2.45, 2.75) is 25.8 Å². The molecule has 4 nitrogen and oxygen atoms in total. The first kappa shape index (κ1) is 13.1. The molecular formula is C15H18FN3O. The van der Waals surface area contributed by atoms with E-state index in [0.717, 1.165) is 37.4 Å². The summed E-state index contributed by atoms with van der Waals surface area (Å²) in [5.74, 6) is 1.09. The highest BCUT2D eigenvalue weighted by molar-refractivity contribution is 5.32. The van der Waals surface area contributed by atoms with Crippen LogP contribution in [-0.2, 0) is 0 Å². The first-order chi connectivity index (χ1) is 9.74. The molecule has 0 unspecified atom stereocenters. The van der Waals surface area contributed by atoms with Crippen LogP contribution in [0.15, 0.2) is 30.5 Å². The fraction of sp³-hybridized carbons (Fsp3) is 0.400. The summed E-state index contributed by atoms with van der Waals surface area (Å²) < 4.78 is 20.7. The van der Waals surface area contributed by atoms with Crippen molar-refractivity contribution in [3.8, 4) is 11.5 Å². The molecule has 0 bridgehead atoms. The Labute approximate surface area is 117 Å². The highest BCUT2D eigenvalue weighted by atomic mass is 19.1. The van der Waals surface area contributed by atoms with E-state index in [1.165, 1.54) is 12.1 Å². The SMILES string of the molecule is Cc1c(Oc2ccc(F)cc2)cnn1C1CCNCC1. The van der Waals surface area contributed by atoms with Crippen LogP contribution in [0.3, 0.4) is 0 Å². The van der Waals surface area contributed by atoms with Crippen LogP contribution in [0.25, 0.3) is 0 Å². The van der Waals surface area contributed by atoms with E-state index in [-0.39, 0.29) is 5.82 Å². The third kappa shape index (κ3) is 2.67. The van der Waals surface area contributed by atoms with E-state index < -0.39 is 0 Å². The Morgan fingerprint density at radius 2 is 1.95 bits per heavy atom. The molecule has 106 valence electrons. The molecule has 1 N–H and O–H groups in total. The Hall–Kier alpha value is -1.88. The van der Waals surface area contributed by atoms with Gasteiger partial charge in [-0.3, -0.25) is 4.68 Å². The van der Waals surface area contributed by atoms with Gasteiger partial charge in [0.1, 0.15) is 11.6 Å². The van der Waals surface area contributed by atoms with Gasteiger partial charge < -0.3 is 10.1 Å². The zero-order valence-electron chi connectivity index (χ0n) is 11.5. The molecule has 0 spiro atoms. The molecule has 0 atom stereocenters. The molecule has 0 radical (unpaired) electrons. The van der Waals surface area contributed by atoms with Crippen molar-refractivity contribution in [2.24, 2.45) is 0 Å². The minimum Gasteiger partial charge on any atom is -0.454 e. The molecule has 1 aromatic carbocycles. The molecular weight excluding hydrogens is 257 g/mol. The van der Waals surface area contributed by atoms with E-state index >= 15 is 0 Å². The number of nitrogens with zero attached hydrogens (tertiary/aromatic N) is 2. The molecule has 1 fully saturated rings. The third-order valence-electron chi connectivity index (χ3n) is 3.70. The van der Waals surface area contributed by atoms with Crippen molar-refractivity contribution in [3.63, 3.8) is 0 Å². The van der Waals surface area contributed by atoms with Crippen LogP contribution in [0.4, 0.5) is 4.39 Å². The van der Waals surface area contributed by atoms with E-state index in [9.17, 15) is 4.39 Å². The van der Waals surface area contributed by atoms with Gasteiger partial charge in [-0.05, 0) is 57.1 Å². The summed E-state index contributed by atoms with van der Waals surface area (Å²) in [6.45, 7) is 4.06. The van der Waals surface area contributed by atoms with Gasteiger partial charge in [0, 0.05) is 0 Å². The van der Waals surface area contributed by atoms with Crippen molar-refractivity contribution in [3.05, 3.63) is 42.0 Å². The Morgan fingerprint density at radius 1 is 1.25 bits per heavy atom. The van der Waals surface area contributed by atoms with Gasteiger partial charge in [-0.15, -0.1) is 0 Å². The zero-order chi connectivity index (χ0) is 13.9. The molecule has 2 aromatic rings. The number of benzene rings is 1. The van der Waals surface area contributed by atoms with Gasteiger partial charge in [0.15, 0.2) is 5.75 Å². The predicted molar refractivity (Wildman–Crippen MR) is 74.6 cm³/mol. The van der Waals surface area contributed by atoms with Crippen LogP contribution in [0, 0.1) is 12.7 Å². The van der Waals surface area contributed by atoms with Crippen LogP contribution in [0.5, 0.6) is 11.5 Å². The lowest BCUT2D eigenvalue weighted by atomic mass is 10.1. The summed E-state index contributed by atoms with van der Waals surface area (Å²) in [6, 6.07) is 6.46. The summed E-state index contributed by atoms with van der Waals surface area (Å²) in [5.41, 5.74) is 1.02. The van der Waals surface area contributed by atoms with Crippen molar-refractivity contribution in [2.75, 3.05) is 13.1 Å². The molecule has 1 aliphatic heterocycles. The maximum atomic E-state index is 12.9. The molecule has 1 aromatic heterocycles. The second-order valence-electron chi connectivity index (χ2n) is 5.08. The van der Waals surface area contributed by atoms with Gasteiger partial charge in [-0.25, -0.2) is 4.39 Å². The number of ether oxygens (including phenoxy) is 1. The topological polar surface area (TPSA) is 39.1 Å². The lowest BCUT2D eigenvalue weighted by Crippen LogP contribution is -2.30. The number of halogens is 1. The normalized spacial score (nSPS) is 16.3. The van der Waals surface area contributed by atoms with Crippen molar-refractivity contribution in [1.29, 1.82) is 0 Å². The maximum Gasteiger partial charge on any atom is 0.168 e. The van der Waals surface area contributed by atoms with Gasteiger partial charge in [0.25, 0.3) is 0 Å². The summed E-state index contributed by atoms with van der Waals surface area (Å²) in [5, 5.41) is 7.79. The van der Waals surface area contributed by atoms with Gasteiger partial charge in [-0.2, -0.15) is 5.10 Å². The van der Waals surface area contributed by atoms with Gasteiger partial charge in [-0.1, -0.05) is 0 Å². The summed E-state index contributed by atoms with van der Waals surface area (Å²) in [4.78, 5) is 0. The molecule has 0 saturated carbocycles. The first-order valence-electron chi connectivity index (χ1n) is 6.92. The Morgan fingerprint density at radius 3 is 2.65 bits per heavy atom. The summed E-state index contributed by atoms with van der Waals surface area (Å²) in [7, 11) is 0. The standard InChI is InChI=1S/C15H18FN3O/c1-11-15(20-14-4-2-12(16)3-5-14)10-18-19(11)13-6-8-17-9-7-13/h2-5,10,13,17H,6-9H2,1H3. The van der Waals surface area contributed by atoms with Crippen molar-refractivity contribution >= 4 is 0 Å². The summed E-state index contributed by atoms with van der Waals surface area (Å²) in [6.07, 6.45) is 3.90. The van der Waals surface area contributed by atoms with Gasteiger partial charge in [0.2, 0.25) is 0 Å². The molecule has 2 heterocycles. The molecule has 1 saturated heterocycles. The minimum absolute atomic E-state index is 0.264. The number of hydrogen-bond acceptors (Lipinski definition) is 3. The highest BCUT2D eigenvalue weighted by Crippen LogP contribution is 2.28. The lowest BCUT2D eigenvalue weighted by molar-refractivity contribution is 0.336. The average molecular weight is 275 g/mol. The van der Waals surface area contributed by atoms with Crippen LogP contribution in [0.1, 0.15) is 24.6 Å². The number of piperidine rings is 1. The molecule has 1 aliphatic rings. The van der Waals surface area contributed by atoms with Crippen molar-refractivity contribution in [1.82, 2.24) is 15.1 Å². The van der Waals surface area contributed by atoms with E-state index in [2.05, 4.69) is 10.4 Å². The predicted octanol–water partition coefficient (Wildman–Crippen LogP) is 3.05. The lowest BCUT2D eigenvalue weighted by Gasteiger charge is -2.24. The fourth-order valence-electron chi connectivity index (χ4n) is 2.56. The van der Waals surface area contributed by atoms with E-state index in [1.54, 1.807) is 18.3 Å². The first-order valence-corrected chi connectivity index (χ1v) is 6.92. The van der Waals surface area contributed by atoms with Crippen molar-refractivity contribution < 1.29 is 9.13 Å². The number of aromatic nitrogens is 2. The van der Waals surface area contributed by atoms with Crippen LogP contribution in [0.2, 0.25) is 0 Å². The second-order valence-corrected chi connectivity index (χ2v) is 5.08. The maximum absolute atomic E-state index is 12.9. The van der Waals surface area contributed by atoms with Crippen LogP contribution < -0.4 is 10.1 Å². The van der Waals surface area contributed by atoms with E-state index in [4.69, 9.17) is 4.74 Å². The number of rotatable bonds is 3. The Balaban J connectivity index is 1.77. The summed E-state index contributed by atoms with van der Waals surface area (Å²) >= 11 is 0. The van der Waals surface area contributed by atoms with Crippen LogP contribution in [-0.4, -0.2) is 22.9 Å². The number of hydrogen-bond donors (Lipinski definition) is 1. The van der Waals surface area contributed by atoms with Gasteiger partial charge >= 0.3 is 0 Å². The second kappa shape index (κ2) is 5.63. The smallest absolute Gasteiger partial charge is 0.168 e. The number of nitrogens with one attached hydrogen (secondary N) is 1. The monoisotopic (exact) mass is 275 g/mol. The molecule has 3 rings (SSSR count). The average Bonchev–Trinajstić information content (AvgIpc) is 2.84. The Bertz CT molecular complexity index is 573. The van der Waals surface area contributed by atoms with E-state index in [0.29, 0.717) is 11.8 Å². The van der Waals surface area contributed by atoms with Gasteiger partial charge in [0.05, 0.1) is 17.9 Å². The van der Waals surface area contributed by atoms with E-state index in [1.807, 2.05) is 11.6 Å². The Kier molecular flexibility index (Phi) is 3.69. The molecule has 0 aliphatic carbocycles. The molecule has 0 amide bonds. The minimum atomic E-state index is -0.264. The van der Waals surface area contributed by atoms with Crippen LogP contribution >= 0.6 is 0 Å². The largest absolute Gasteiger partial charge is 0.454 e. The zero-order valence-corrected chi connectivity index (χ0v) is 11.5.